The van der Waals surface area contributed by atoms with E-state index in [1.807, 2.05) is 0 Å². The van der Waals surface area contributed by atoms with E-state index >= 15 is 0 Å². The lowest BCUT2D eigenvalue weighted by Crippen LogP contribution is -2.37. The van der Waals surface area contributed by atoms with Crippen LogP contribution in [0, 0.1) is 0 Å². The van der Waals surface area contributed by atoms with Crippen LogP contribution in [0.15, 0.2) is 23.1 Å². The lowest BCUT2D eigenvalue weighted by Gasteiger charge is -2.26. The highest BCUT2D eigenvalue weighted by molar-refractivity contribution is 7.89. The van der Waals surface area contributed by atoms with E-state index < -0.39 is 22.6 Å². The highest BCUT2D eigenvalue weighted by atomic mass is 35.5. The van der Waals surface area contributed by atoms with Gasteiger partial charge in [0.15, 0.2) is 6.61 Å². The SMILES string of the molecule is O=C(COC(=O)c1cc(S(=O)(=O)N2CCCCC2)ccc1Cl)NC1CCCCCC1. The number of hydrogen-bond acceptors (Lipinski definition) is 5. The number of hydrogen-bond donors (Lipinski definition) is 1. The number of nitrogens with zero attached hydrogens (tertiary/aromatic N) is 1. The Bertz CT molecular complexity index is 860. The van der Waals surface area contributed by atoms with Gasteiger partial charge in [0.2, 0.25) is 10.0 Å². The van der Waals surface area contributed by atoms with E-state index in [1.165, 1.54) is 35.3 Å². The van der Waals surface area contributed by atoms with Crippen LogP contribution in [-0.4, -0.2) is 50.3 Å². The van der Waals surface area contributed by atoms with Gasteiger partial charge in [0.05, 0.1) is 15.5 Å². The molecule has 1 aromatic rings. The second-order valence-corrected chi connectivity index (χ2v) is 10.3. The normalized spacial score (nSPS) is 19.1. The van der Waals surface area contributed by atoms with Gasteiger partial charge in [0.1, 0.15) is 0 Å². The number of rotatable bonds is 6. The fourth-order valence-corrected chi connectivity index (χ4v) is 5.72. The van der Waals surface area contributed by atoms with Crippen molar-refractivity contribution in [1.82, 2.24) is 9.62 Å². The molecule has 1 aliphatic carbocycles. The topological polar surface area (TPSA) is 92.8 Å². The molecular weight excluding hydrogens is 428 g/mol. The first-order valence-corrected chi connectivity index (χ1v) is 12.5. The molecule has 0 aromatic heterocycles. The van der Waals surface area contributed by atoms with Crippen molar-refractivity contribution in [2.45, 2.75) is 68.7 Å². The third-order valence-electron chi connectivity index (χ3n) is 5.67. The van der Waals surface area contributed by atoms with Crippen molar-refractivity contribution in [1.29, 1.82) is 0 Å². The third-order valence-corrected chi connectivity index (χ3v) is 7.89. The van der Waals surface area contributed by atoms with Crippen molar-refractivity contribution in [3.63, 3.8) is 0 Å². The lowest BCUT2D eigenvalue weighted by molar-refractivity contribution is -0.125. The van der Waals surface area contributed by atoms with Crippen molar-refractivity contribution in [3.05, 3.63) is 28.8 Å². The average Bonchev–Trinajstić information content (AvgIpc) is 3.01. The quantitative estimate of drug-likeness (QED) is 0.522. The van der Waals surface area contributed by atoms with E-state index in [0.29, 0.717) is 13.1 Å². The molecule has 1 aliphatic heterocycles. The summed E-state index contributed by atoms with van der Waals surface area (Å²) in [4.78, 5) is 24.6. The summed E-state index contributed by atoms with van der Waals surface area (Å²) in [5.41, 5.74) is -0.0583. The summed E-state index contributed by atoms with van der Waals surface area (Å²) in [6.07, 6.45) is 9.02. The van der Waals surface area contributed by atoms with Crippen LogP contribution in [0.25, 0.3) is 0 Å². The number of amides is 1. The van der Waals surface area contributed by atoms with Gasteiger partial charge < -0.3 is 10.1 Å². The van der Waals surface area contributed by atoms with Gasteiger partial charge >= 0.3 is 5.97 Å². The molecule has 7 nitrogen and oxygen atoms in total. The van der Waals surface area contributed by atoms with E-state index in [-0.39, 0.29) is 27.4 Å². The average molecular weight is 457 g/mol. The molecular formula is C21H29ClN2O5S. The first-order valence-electron chi connectivity index (χ1n) is 10.6. The van der Waals surface area contributed by atoms with Crippen LogP contribution in [0.1, 0.15) is 68.1 Å². The van der Waals surface area contributed by atoms with Gasteiger partial charge in [0.25, 0.3) is 5.91 Å². The highest BCUT2D eigenvalue weighted by Gasteiger charge is 2.27. The van der Waals surface area contributed by atoms with Crippen LogP contribution in [-0.2, 0) is 19.6 Å². The van der Waals surface area contributed by atoms with Crippen LogP contribution in [0.2, 0.25) is 5.02 Å². The molecule has 0 spiro atoms. The van der Waals surface area contributed by atoms with Crippen LogP contribution in [0.5, 0.6) is 0 Å². The Morgan fingerprint density at radius 2 is 1.67 bits per heavy atom. The maximum absolute atomic E-state index is 12.9. The van der Waals surface area contributed by atoms with Crippen LogP contribution in [0.3, 0.4) is 0 Å². The van der Waals surface area contributed by atoms with Crippen molar-refractivity contribution in [2.75, 3.05) is 19.7 Å². The second-order valence-electron chi connectivity index (χ2n) is 7.94. The Balaban J connectivity index is 1.62. The monoisotopic (exact) mass is 456 g/mol. The molecule has 1 N–H and O–H groups in total. The van der Waals surface area contributed by atoms with Gasteiger partial charge in [-0.3, -0.25) is 4.79 Å². The molecule has 1 heterocycles. The number of carbonyl (C=O) groups excluding carboxylic acids is 2. The zero-order valence-corrected chi connectivity index (χ0v) is 18.6. The number of ether oxygens (including phenoxy) is 1. The molecule has 0 radical (unpaired) electrons. The summed E-state index contributed by atoms with van der Waals surface area (Å²) in [5, 5.41) is 2.99. The zero-order valence-electron chi connectivity index (χ0n) is 17.1. The number of halogens is 1. The smallest absolute Gasteiger partial charge is 0.340 e. The van der Waals surface area contributed by atoms with Crippen molar-refractivity contribution >= 4 is 33.5 Å². The Kier molecular flexibility index (Phi) is 8.13. The van der Waals surface area contributed by atoms with Crippen LogP contribution >= 0.6 is 11.6 Å². The minimum Gasteiger partial charge on any atom is -0.452 e. The first kappa shape index (κ1) is 23.0. The molecule has 0 bridgehead atoms. The van der Waals surface area contributed by atoms with Crippen LogP contribution in [0.4, 0.5) is 0 Å². The minimum absolute atomic E-state index is 0.00339. The van der Waals surface area contributed by atoms with Gasteiger partial charge in [-0.1, -0.05) is 43.7 Å². The molecule has 1 saturated heterocycles. The predicted molar refractivity (Wildman–Crippen MR) is 114 cm³/mol. The van der Waals surface area contributed by atoms with E-state index in [4.69, 9.17) is 16.3 Å². The summed E-state index contributed by atoms with van der Waals surface area (Å²) < 4.78 is 32.2. The van der Waals surface area contributed by atoms with Crippen LogP contribution < -0.4 is 5.32 Å². The number of sulfonamides is 1. The Hall–Kier alpha value is -1.64. The van der Waals surface area contributed by atoms with Gasteiger partial charge in [-0.25, -0.2) is 13.2 Å². The number of benzene rings is 1. The number of nitrogens with one attached hydrogen (secondary N) is 1. The molecule has 0 unspecified atom stereocenters. The molecule has 1 saturated carbocycles. The van der Waals surface area contributed by atoms with E-state index in [9.17, 15) is 18.0 Å². The second kappa shape index (κ2) is 10.6. The fourth-order valence-electron chi connectivity index (χ4n) is 3.98. The Labute approximate surface area is 183 Å². The summed E-state index contributed by atoms with van der Waals surface area (Å²) >= 11 is 6.11. The van der Waals surface area contributed by atoms with Crippen molar-refractivity contribution < 1.29 is 22.7 Å². The summed E-state index contributed by atoms with van der Waals surface area (Å²) in [7, 11) is -3.70. The minimum atomic E-state index is -3.70. The zero-order chi connectivity index (χ0) is 21.6. The first-order chi connectivity index (χ1) is 14.4. The Morgan fingerprint density at radius 1 is 1.03 bits per heavy atom. The molecule has 9 heteroatoms. The predicted octanol–water partition coefficient (Wildman–Crippen LogP) is 3.51. The number of piperidine rings is 1. The molecule has 166 valence electrons. The maximum atomic E-state index is 12.9. The van der Waals surface area contributed by atoms with Gasteiger partial charge in [-0.05, 0) is 43.9 Å². The standard InChI is InChI=1S/C21H29ClN2O5S/c22-19-11-10-17(30(27,28)24-12-6-3-7-13-24)14-18(19)21(26)29-15-20(25)23-16-8-4-1-2-5-9-16/h10-11,14,16H,1-9,12-13,15H2,(H,23,25). The molecule has 2 fully saturated rings. The molecule has 0 atom stereocenters. The third kappa shape index (κ3) is 5.95. The molecule has 1 aromatic carbocycles. The lowest BCUT2D eigenvalue weighted by atomic mass is 10.1. The van der Waals surface area contributed by atoms with E-state index in [2.05, 4.69) is 5.32 Å². The maximum Gasteiger partial charge on any atom is 0.340 e. The number of carbonyl (C=O) groups is 2. The van der Waals surface area contributed by atoms with Crippen molar-refractivity contribution in [2.24, 2.45) is 0 Å². The molecule has 30 heavy (non-hydrogen) atoms. The summed E-state index contributed by atoms with van der Waals surface area (Å²) in [6, 6.07) is 4.11. The van der Waals surface area contributed by atoms with Crippen molar-refractivity contribution in [3.8, 4) is 0 Å². The van der Waals surface area contributed by atoms with Gasteiger partial charge in [0, 0.05) is 19.1 Å². The van der Waals surface area contributed by atoms with Gasteiger partial charge in [-0.2, -0.15) is 4.31 Å². The number of esters is 1. The van der Waals surface area contributed by atoms with E-state index in [1.54, 1.807) is 0 Å². The van der Waals surface area contributed by atoms with E-state index in [0.717, 1.165) is 44.9 Å². The summed E-state index contributed by atoms with van der Waals surface area (Å²) in [6.45, 7) is 0.507. The molecule has 1 amide bonds. The fraction of sp³-hybridized carbons (Fsp3) is 0.619. The van der Waals surface area contributed by atoms with Gasteiger partial charge in [-0.15, -0.1) is 0 Å². The largest absolute Gasteiger partial charge is 0.452 e. The molecule has 2 aliphatic rings. The highest BCUT2D eigenvalue weighted by Crippen LogP contribution is 2.25. The summed E-state index contributed by atoms with van der Waals surface area (Å²) in [5.74, 6) is -1.17. The molecule has 3 rings (SSSR count). The Morgan fingerprint density at radius 3 is 2.33 bits per heavy atom.